The molecule has 0 radical (unpaired) electrons. The first-order chi connectivity index (χ1) is 7.35. The van der Waals surface area contributed by atoms with Gasteiger partial charge in [-0.15, -0.1) is 0 Å². The number of hydrogen-bond donors (Lipinski definition) is 0. The molecule has 0 spiro atoms. The van der Waals surface area contributed by atoms with E-state index in [1.807, 2.05) is 0 Å². The van der Waals surface area contributed by atoms with Crippen LogP contribution in [0.15, 0.2) is 6.33 Å². The van der Waals surface area contributed by atoms with Gasteiger partial charge in [0.1, 0.15) is 0 Å². The molecule has 1 aromatic heterocycles. The molecule has 0 unspecified atom stereocenters. The number of aromatic nitrogens is 2. The Hall–Kier alpha value is -0.790. The molecule has 0 N–H and O–H groups in total. The molecule has 1 aliphatic carbocycles. The van der Waals surface area contributed by atoms with E-state index >= 15 is 0 Å². The standard InChI is InChI=1S/C13H22N2/c1-3-11(4-2)9-15-10-14-12-7-5-6-8-13(12)15/h10-11H,3-9H2,1-2H3. The molecular weight excluding hydrogens is 184 g/mol. The van der Waals surface area contributed by atoms with Crippen LogP contribution in [0.1, 0.15) is 50.9 Å². The molecule has 0 atom stereocenters. The maximum Gasteiger partial charge on any atom is 0.0951 e. The smallest absolute Gasteiger partial charge is 0.0951 e. The highest BCUT2D eigenvalue weighted by Crippen LogP contribution is 2.21. The van der Waals surface area contributed by atoms with Crippen molar-refractivity contribution in [2.24, 2.45) is 5.92 Å². The third-order valence-corrected chi connectivity index (χ3v) is 3.72. The van der Waals surface area contributed by atoms with Crippen molar-refractivity contribution in [2.75, 3.05) is 0 Å². The normalized spacial score (nSPS) is 15.7. The summed E-state index contributed by atoms with van der Waals surface area (Å²) in [5, 5.41) is 0. The zero-order chi connectivity index (χ0) is 10.7. The van der Waals surface area contributed by atoms with E-state index < -0.39 is 0 Å². The van der Waals surface area contributed by atoms with Gasteiger partial charge in [0.2, 0.25) is 0 Å². The van der Waals surface area contributed by atoms with Crippen LogP contribution in [0.4, 0.5) is 0 Å². The minimum Gasteiger partial charge on any atom is -0.334 e. The van der Waals surface area contributed by atoms with Crippen molar-refractivity contribution in [3.05, 3.63) is 17.7 Å². The second-order valence-corrected chi connectivity index (χ2v) is 4.68. The third-order valence-electron chi connectivity index (χ3n) is 3.72. The molecule has 84 valence electrons. The van der Waals surface area contributed by atoms with Gasteiger partial charge in [0.25, 0.3) is 0 Å². The van der Waals surface area contributed by atoms with E-state index in [0.717, 1.165) is 5.92 Å². The van der Waals surface area contributed by atoms with Crippen molar-refractivity contribution >= 4 is 0 Å². The Labute approximate surface area is 92.7 Å². The minimum absolute atomic E-state index is 0.824. The van der Waals surface area contributed by atoms with Crippen molar-refractivity contribution < 1.29 is 0 Å². The van der Waals surface area contributed by atoms with Crippen LogP contribution < -0.4 is 0 Å². The molecule has 0 saturated carbocycles. The topological polar surface area (TPSA) is 17.8 Å². The third kappa shape index (κ3) is 2.24. The van der Waals surface area contributed by atoms with Crippen LogP contribution in [0, 0.1) is 5.92 Å². The van der Waals surface area contributed by atoms with Crippen molar-refractivity contribution in [3.8, 4) is 0 Å². The molecule has 0 aliphatic heterocycles. The van der Waals surface area contributed by atoms with Crippen LogP contribution in [0.25, 0.3) is 0 Å². The summed E-state index contributed by atoms with van der Waals surface area (Å²) in [6.45, 7) is 5.75. The fourth-order valence-electron chi connectivity index (χ4n) is 2.51. The summed E-state index contributed by atoms with van der Waals surface area (Å²) < 4.78 is 2.41. The maximum atomic E-state index is 4.54. The monoisotopic (exact) mass is 206 g/mol. The first kappa shape index (κ1) is 10.7. The predicted octanol–water partition coefficient (Wildman–Crippen LogP) is 3.20. The van der Waals surface area contributed by atoms with Crippen LogP contribution in [0.5, 0.6) is 0 Å². The van der Waals surface area contributed by atoms with Crippen molar-refractivity contribution in [2.45, 2.75) is 58.9 Å². The highest BCUT2D eigenvalue weighted by Gasteiger charge is 2.16. The molecule has 1 heterocycles. The van der Waals surface area contributed by atoms with Gasteiger partial charge < -0.3 is 4.57 Å². The van der Waals surface area contributed by atoms with Gasteiger partial charge in [0.15, 0.2) is 0 Å². The van der Waals surface area contributed by atoms with Crippen LogP contribution in [0.3, 0.4) is 0 Å². The fraction of sp³-hybridized carbons (Fsp3) is 0.769. The zero-order valence-corrected chi connectivity index (χ0v) is 10.00. The van der Waals surface area contributed by atoms with Crippen molar-refractivity contribution in [1.82, 2.24) is 9.55 Å². The van der Waals surface area contributed by atoms with E-state index in [9.17, 15) is 0 Å². The minimum atomic E-state index is 0.824. The molecule has 2 heteroatoms. The lowest BCUT2D eigenvalue weighted by atomic mass is 9.99. The lowest BCUT2D eigenvalue weighted by Crippen LogP contribution is -2.13. The Balaban J connectivity index is 2.11. The Bertz CT molecular complexity index is 310. The predicted molar refractivity (Wildman–Crippen MR) is 62.9 cm³/mol. The molecule has 1 aromatic rings. The Kier molecular flexibility index (Phi) is 3.45. The summed E-state index contributed by atoms with van der Waals surface area (Å²) in [7, 11) is 0. The van der Waals surface area contributed by atoms with E-state index in [1.165, 1.54) is 56.5 Å². The summed E-state index contributed by atoms with van der Waals surface area (Å²) in [6.07, 6.45) is 9.75. The Morgan fingerprint density at radius 2 is 2.00 bits per heavy atom. The van der Waals surface area contributed by atoms with E-state index in [2.05, 4.69) is 29.7 Å². The number of imidazole rings is 1. The van der Waals surface area contributed by atoms with E-state index in [4.69, 9.17) is 0 Å². The highest BCUT2D eigenvalue weighted by atomic mass is 15.1. The lowest BCUT2D eigenvalue weighted by molar-refractivity contribution is 0.409. The largest absolute Gasteiger partial charge is 0.334 e. The average molecular weight is 206 g/mol. The van der Waals surface area contributed by atoms with Gasteiger partial charge in [0.05, 0.1) is 12.0 Å². The summed E-state index contributed by atoms with van der Waals surface area (Å²) in [5.41, 5.74) is 2.89. The maximum absolute atomic E-state index is 4.54. The summed E-state index contributed by atoms with van der Waals surface area (Å²) in [6, 6.07) is 0. The second kappa shape index (κ2) is 4.82. The molecule has 1 aliphatic rings. The second-order valence-electron chi connectivity index (χ2n) is 4.68. The van der Waals surface area contributed by atoms with Gasteiger partial charge in [-0.25, -0.2) is 4.98 Å². The number of aryl methyl sites for hydroxylation is 1. The van der Waals surface area contributed by atoms with Gasteiger partial charge in [-0.05, 0) is 31.6 Å². The first-order valence-electron chi connectivity index (χ1n) is 6.38. The lowest BCUT2D eigenvalue weighted by Gasteiger charge is -2.18. The molecular formula is C13H22N2. The Morgan fingerprint density at radius 1 is 1.27 bits per heavy atom. The molecule has 0 bridgehead atoms. The molecule has 2 nitrogen and oxygen atoms in total. The molecule has 0 amide bonds. The van der Waals surface area contributed by atoms with Gasteiger partial charge >= 0.3 is 0 Å². The quantitative estimate of drug-likeness (QED) is 0.739. The average Bonchev–Trinajstić information content (AvgIpc) is 2.69. The number of rotatable bonds is 4. The fourth-order valence-corrected chi connectivity index (χ4v) is 2.51. The van der Waals surface area contributed by atoms with Crippen molar-refractivity contribution in [1.29, 1.82) is 0 Å². The van der Waals surface area contributed by atoms with E-state index in [1.54, 1.807) is 0 Å². The highest BCUT2D eigenvalue weighted by molar-refractivity contribution is 5.16. The van der Waals surface area contributed by atoms with Gasteiger partial charge in [-0.1, -0.05) is 26.7 Å². The van der Waals surface area contributed by atoms with E-state index in [0.29, 0.717) is 0 Å². The van der Waals surface area contributed by atoms with Crippen molar-refractivity contribution in [3.63, 3.8) is 0 Å². The summed E-state index contributed by atoms with van der Waals surface area (Å²) in [5.74, 6) is 0.824. The van der Waals surface area contributed by atoms with Crippen LogP contribution in [-0.4, -0.2) is 9.55 Å². The van der Waals surface area contributed by atoms with Crippen LogP contribution in [-0.2, 0) is 19.4 Å². The molecule has 2 rings (SSSR count). The summed E-state index contributed by atoms with van der Waals surface area (Å²) >= 11 is 0. The zero-order valence-electron chi connectivity index (χ0n) is 10.00. The molecule has 0 saturated heterocycles. The van der Waals surface area contributed by atoms with Crippen LogP contribution in [0.2, 0.25) is 0 Å². The SMILES string of the molecule is CCC(CC)Cn1cnc2c1CCCC2. The molecule has 0 aromatic carbocycles. The van der Waals surface area contributed by atoms with Gasteiger partial charge in [-0.3, -0.25) is 0 Å². The molecule has 0 fully saturated rings. The first-order valence-corrected chi connectivity index (χ1v) is 6.38. The Morgan fingerprint density at radius 3 is 2.73 bits per heavy atom. The van der Waals surface area contributed by atoms with Gasteiger partial charge in [-0.2, -0.15) is 0 Å². The molecule has 15 heavy (non-hydrogen) atoms. The van der Waals surface area contributed by atoms with E-state index in [-0.39, 0.29) is 0 Å². The summed E-state index contributed by atoms with van der Waals surface area (Å²) in [4.78, 5) is 4.54. The number of fused-ring (bicyclic) bond motifs is 1. The van der Waals surface area contributed by atoms with Crippen LogP contribution >= 0.6 is 0 Å². The number of nitrogens with zero attached hydrogens (tertiary/aromatic N) is 2. The number of hydrogen-bond acceptors (Lipinski definition) is 1. The van der Waals surface area contributed by atoms with Gasteiger partial charge in [0, 0.05) is 12.2 Å².